The third kappa shape index (κ3) is 4.57. The molecule has 1 unspecified atom stereocenters. The summed E-state index contributed by atoms with van der Waals surface area (Å²) in [6, 6.07) is 10.9. The summed E-state index contributed by atoms with van der Waals surface area (Å²) in [5.41, 5.74) is 7.54. The molecule has 1 spiro atoms. The second-order valence-corrected chi connectivity index (χ2v) is 10.4. The zero-order chi connectivity index (χ0) is 25.7. The fourth-order valence-electron chi connectivity index (χ4n) is 5.69. The van der Waals surface area contributed by atoms with Crippen LogP contribution >= 0.6 is 0 Å². The number of morpholine rings is 1. The van der Waals surface area contributed by atoms with Crippen LogP contribution in [0.2, 0.25) is 0 Å². The first kappa shape index (κ1) is 23.9. The number of nitrogens with two attached hydrogens (primary N) is 1. The van der Waals surface area contributed by atoms with Crippen molar-refractivity contribution < 1.29 is 23.1 Å². The molecule has 1 saturated carbocycles. The predicted octanol–water partition coefficient (Wildman–Crippen LogP) is 3.56. The lowest BCUT2D eigenvalue weighted by molar-refractivity contribution is -0.173. The molecule has 3 aromatic rings. The van der Waals surface area contributed by atoms with Crippen molar-refractivity contribution in [1.29, 1.82) is 0 Å². The molecule has 2 N–H and O–H groups in total. The Morgan fingerprint density at radius 2 is 1.81 bits per heavy atom. The topological polar surface area (TPSA) is 88.8 Å². The van der Waals surface area contributed by atoms with Gasteiger partial charge in [-0.2, -0.15) is 0 Å². The van der Waals surface area contributed by atoms with E-state index in [1.807, 2.05) is 9.80 Å². The van der Waals surface area contributed by atoms with E-state index in [1.54, 1.807) is 30.3 Å². The molecule has 2 aromatic carbocycles. The fraction of sp³-hybridized carbons (Fsp3) is 0.393. The van der Waals surface area contributed by atoms with E-state index in [0.29, 0.717) is 55.0 Å². The van der Waals surface area contributed by atoms with E-state index < -0.39 is 29.2 Å². The van der Waals surface area contributed by atoms with Crippen molar-refractivity contribution in [3.63, 3.8) is 0 Å². The lowest BCUT2D eigenvalue weighted by Gasteiger charge is -2.48. The number of aromatic nitrogens is 1. The molecule has 37 heavy (non-hydrogen) atoms. The van der Waals surface area contributed by atoms with Crippen LogP contribution in [0.1, 0.15) is 37.3 Å². The molecule has 3 fully saturated rings. The molecular formula is C28H28F2N4O3. The predicted molar refractivity (Wildman–Crippen MR) is 133 cm³/mol. The van der Waals surface area contributed by atoms with Gasteiger partial charge in [0, 0.05) is 30.1 Å². The molecule has 3 aliphatic rings. The summed E-state index contributed by atoms with van der Waals surface area (Å²) in [6.45, 7) is 1.68. The molecule has 6 rings (SSSR count). The number of nitrogens with zero attached hydrogens (tertiary/aromatic N) is 3. The molecule has 0 bridgehead atoms. The fourth-order valence-corrected chi connectivity index (χ4v) is 5.69. The average Bonchev–Trinajstić information content (AvgIpc) is 3.73. The Hall–Kier alpha value is -3.43. The van der Waals surface area contributed by atoms with Gasteiger partial charge in [0.25, 0.3) is 0 Å². The largest absolute Gasteiger partial charge is 0.368 e. The molecule has 2 saturated heterocycles. The molecule has 3 heterocycles. The highest BCUT2D eigenvalue weighted by atomic mass is 19.1. The number of pyridine rings is 1. The molecule has 9 heteroatoms. The Labute approximate surface area is 213 Å². The summed E-state index contributed by atoms with van der Waals surface area (Å²) in [5.74, 6) is -1.50. The van der Waals surface area contributed by atoms with Gasteiger partial charge in [-0.05, 0) is 55.0 Å². The minimum Gasteiger partial charge on any atom is -0.368 e. The number of fused-ring (bicyclic) bond motifs is 1. The first-order valence-electron chi connectivity index (χ1n) is 12.6. The molecule has 2 aliphatic heterocycles. The third-order valence-electron chi connectivity index (χ3n) is 7.89. The van der Waals surface area contributed by atoms with Gasteiger partial charge in [-0.3, -0.25) is 19.5 Å². The molecule has 1 aliphatic carbocycles. The molecule has 2 amide bonds. The molecule has 7 nitrogen and oxygen atoms in total. The average molecular weight is 507 g/mol. The zero-order valence-corrected chi connectivity index (χ0v) is 20.3. The minimum atomic E-state index is -0.905. The Morgan fingerprint density at radius 3 is 2.51 bits per heavy atom. The number of rotatable bonds is 5. The van der Waals surface area contributed by atoms with Gasteiger partial charge in [-0.1, -0.05) is 24.3 Å². The van der Waals surface area contributed by atoms with E-state index >= 15 is 4.39 Å². The number of hydrogen-bond donors (Lipinski definition) is 1. The van der Waals surface area contributed by atoms with Crippen LogP contribution in [0.5, 0.6) is 0 Å². The number of halogens is 2. The summed E-state index contributed by atoms with van der Waals surface area (Å²) in [6.07, 6.45) is 4.51. The summed E-state index contributed by atoms with van der Waals surface area (Å²) in [7, 11) is 0. The minimum absolute atomic E-state index is 0.0436. The Kier molecular flexibility index (Phi) is 5.92. The molecular weight excluding hydrogens is 478 g/mol. The van der Waals surface area contributed by atoms with Crippen molar-refractivity contribution in [1.82, 2.24) is 14.8 Å². The van der Waals surface area contributed by atoms with E-state index in [9.17, 15) is 14.0 Å². The molecule has 0 radical (unpaired) electrons. The SMILES string of the molecule is NC(=O)C(c1ccc(-c2ccc3cc(F)cnc3c2)cc1F)N1CCC2(CC1)CN(C1CC1)C(=O)CO2. The maximum atomic E-state index is 15.4. The Bertz CT molecular complexity index is 1390. The van der Waals surface area contributed by atoms with Gasteiger partial charge < -0.3 is 15.4 Å². The monoisotopic (exact) mass is 506 g/mol. The van der Waals surface area contributed by atoms with Gasteiger partial charge in [0.15, 0.2) is 0 Å². The van der Waals surface area contributed by atoms with Gasteiger partial charge in [-0.15, -0.1) is 0 Å². The number of primary amides is 1. The number of benzene rings is 2. The second kappa shape index (κ2) is 9.15. The van der Waals surface area contributed by atoms with Crippen LogP contribution in [-0.2, 0) is 14.3 Å². The number of likely N-dealkylation sites (tertiary alicyclic amines) is 1. The number of hydrogen-bond acceptors (Lipinski definition) is 5. The van der Waals surface area contributed by atoms with Crippen LogP contribution in [-0.4, -0.2) is 64.5 Å². The van der Waals surface area contributed by atoms with Gasteiger partial charge in [0.05, 0.1) is 23.9 Å². The maximum absolute atomic E-state index is 15.4. The highest BCUT2D eigenvalue weighted by Gasteiger charge is 2.47. The summed E-state index contributed by atoms with van der Waals surface area (Å²) in [5, 5.41) is 0.657. The van der Waals surface area contributed by atoms with Crippen LogP contribution in [0.3, 0.4) is 0 Å². The normalized spacial score (nSPS) is 20.9. The first-order chi connectivity index (χ1) is 17.8. The maximum Gasteiger partial charge on any atom is 0.248 e. The van der Waals surface area contributed by atoms with Gasteiger partial charge in [-0.25, -0.2) is 8.78 Å². The van der Waals surface area contributed by atoms with Gasteiger partial charge in [0.1, 0.15) is 24.3 Å². The van der Waals surface area contributed by atoms with Crippen molar-refractivity contribution in [2.24, 2.45) is 5.73 Å². The quantitative estimate of drug-likeness (QED) is 0.572. The van der Waals surface area contributed by atoms with Crippen LogP contribution in [0, 0.1) is 11.6 Å². The number of piperidine rings is 1. The van der Waals surface area contributed by atoms with E-state index in [-0.39, 0.29) is 18.1 Å². The lowest BCUT2D eigenvalue weighted by atomic mass is 9.87. The Morgan fingerprint density at radius 1 is 1.08 bits per heavy atom. The van der Waals surface area contributed by atoms with Crippen molar-refractivity contribution in [2.45, 2.75) is 43.4 Å². The highest BCUT2D eigenvalue weighted by molar-refractivity contribution is 5.85. The van der Waals surface area contributed by atoms with Crippen molar-refractivity contribution in [3.05, 3.63) is 65.9 Å². The van der Waals surface area contributed by atoms with E-state index in [4.69, 9.17) is 10.5 Å². The van der Waals surface area contributed by atoms with Gasteiger partial charge >= 0.3 is 0 Å². The van der Waals surface area contributed by atoms with E-state index in [0.717, 1.165) is 24.6 Å². The highest BCUT2D eigenvalue weighted by Crippen LogP contribution is 2.38. The number of ether oxygens (including phenoxy) is 1. The lowest BCUT2D eigenvalue weighted by Crippen LogP contribution is -2.60. The smallest absolute Gasteiger partial charge is 0.248 e. The summed E-state index contributed by atoms with van der Waals surface area (Å²) >= 11 is 0. The van der Waals surface area contributed by atoms with Crippen LogP contribution in [0.25, 0.3) is 22.0 Å². The summed E-state index contributed by atoms with van der Waals surface area (Å²) in [4.78, 5) is 32.8. The number of carbonyl (C=O) groups excluding carboxylic acids is 2. The zero-order valence-electron chi connectivity index (χ0n) is 20.3. The van der Waals surface area contributed by atoms with Gasteiger partial charge in [0.2, 0.25) is 11.8 Å². The number of carbonyl (C=O) groups is 2. The van der Waals surface area contributed by atoms with E-state index in [1.165, 1.54) is 12.1 Å². The van der Waals surface area contributed by atoms with E-state index in [2.05, 4.69) is 4.98 Å². The third-order valence-corrected chi connectivity index (χ3v) is 7.89. The van der Waals surface area contributed by atoms with Crippen LogP contribution < -0.4 is 5.73 Å². The molecule has 1 aromatic heterocycles. The molecule has 192 valence electrons. The van der Waals surface area contributed by atoms with Crippen LogP contribution in [0.15, 0.2) is 48.7 Å². The summed E-state index contributed by atoms with van der Waals surface area (Å²) < 4.78 is 34.9. The second-order valence-electron chi connectivity index (χ2n) is 10.4. The molecule has 1 atom stereocenters. The van der Waals surface area contributed by atoms with Crippen molar-refractivity contribution >= 4 is 22.7 Å². The Balaban J connectivity index is 1.21. The van der Waals surface area contributed by atoms with Crippen LogP contribution in [0.4, 0.5) is 8.78 Å². The van der Waals surface area contributed by atoms with Crippen molar-refractivity contribution in [2.75, 3.05) is 26.2 Å². The first-order valence-corrected chi connectivity index (χ1v) is 12.6. The van der Waals surface area contributed by atoms with Crippen molar-refractivity contribution in [3.8, 4) is 11.1 Å². The standard InChI is InChI=1S/C28H28F2N4O3/c29-20-11-19-2-1-18(13-24(19)32-14-20)17-3-6-22(23(30)12-17)26(27(31)36)33-9-7-28(8-10-33)16-34(21-4-5-21)25(35)15-37-28/h1-3,6,11-14,21,26H,4-5,7-10,15-16H2,(H2,31,36). The number of amides is 2.